The van der Waals surface area contributed by atoms with Crippen molar-refractivity contribution < 1.29 is 28.8 Å². The molecule has 0 aromatic carbocycles. The molecule has 37 heavy (non-hydrogen) atoms. The molecule has 0 bridgehead atoms. The van der Waals surface area contributed by atoms with Gasteiger partial charge in [-0.05, 0) is 23.8 Å². The summed E-state index contributed by atoms with van der Waals surface area (Å²) in [4.78, 5) is 55.2. The molecule has 196 valence electrons. The highest BCUT2D eigenvalue weighted by molar-refractivity contribution is 8.76. The number of allylic oxidation sites excluding steroid dienone is 2. The van der Waals surface area contributed by atoms with Gasteiger partial charge in [-0.1, -0.05) is 10.8 Å². The van der Waals surface area contributed by atoms with Gasteiger partial charge in [0.15, 0.2) is 10.8 Å². The molecule has 0 unspecified atom stereocenters. The number of pyridine rings is 1. The van der Waals surface area contributed by atoms with Crippen LogP contribution in [0.4, 0.5) is 10.5 Å². The molecule has 0 radical (unpaired) electrons. The normalized spacial score (nSPS) is 27.7. The minimum absolute atomic E-state index is 0.0792. The lowest BCUT2D eigenvalue weighted by molar-refractivity contribution is -0.388. The maximum absolute atomic E-state index is 13.7. The lowest BCUT2D eigenvalue weighted by Crippen LogP contribution is -2.55. The third kappa shape index (κ3) is 4.05. The van der Waals surface area contributed by atoms with Gasteiger partial charge in [-0.2, -0.15) is 0 Å². The van der Waals surface area contributed by atoms with Gasteiger partial charge in [0.05, 0.1) is 28.3 Å². The Morgan fingerprint density at radius 1 is 1.43 bits per heavy atom. The maximum Gasteiger partial charge on any atom is 0.404 e. The largest absolute Gasteiger partial charge is 0.449 e. The molecule has 0 spiro atoms. The predicted octanol–water partition coefficient (Wildman–Crippen LogP) is 0.723. The van der Waals surface area contributed by atoms with Crippen molar-refractivity contribution in [3.63, 3.8) is 0 Å². The first-order chi connectivity index (χ1) is 17.7. The number of nitrogens with one attached hydrogen (secondary N) is 2. The molecule has 1 aliphatic carbocycles. The Morgan fingerprint density at radius 2 is 2.22 bits per heavy atom. The molecular formula is C22H24N6O7S2. The number of ketones is 2. The third-order valence-electron chi connectivity index (χ3n) is 7.00. The van der Waals surface area contributed by atoms with Crippen LogP contribution < -0.4 is 16.4 Å². The maximum atomic E-state index is 13.7. The van der Waals surface area contributed by atoms with Crippen molar-refractivity contribution in [1.29, 1.82) is 0 Å². The van der Waals surface area contributed by atoms with Crippen molar-refractivity contribution >= 4 is 44.9 Å². The minimum atomic E-state index is -1.03. The molecule has 4 N–H and O–H groups in total. The highest BCUT2D eigenvalue weighted by atomic mass is 33.1. The van der Waals surface area contributed by atoms with Gasteiger partial charge >= 0.3 is 11.8 Å². The fourth-order valence-corrected chi connectivity index (χ4v) is 7.34. The van der Waals surface area contributed by atoms with Crippen LogP contribution >= 0.6 is 21.6 Å². The first kappa shape index (κ1) is 25.5. The number of nitrogens with two attached hydrogens (primary N) is 1. The third-order valence-corrected chi connectivity index (χ3v) is 9.29. The number of hydrogen-bond donors (Lipinski definition) is 3. The zero-order valence-electron chi connectivity index (χ0n) is 19.9. The van der Waals surface area contributed by atoms with E-state index in [-0.39, 0.29) is 63.5 Å². The molecule has 2 saturated heterocycles. The van der Waals surface area contributed by atoms with Crippen LogP contribution in [0, 0.1) is 16.0 Å². The van der Waals surface area contributed by atoms with E-state index in [2.05, 4.69) is 15.6 Å². The van der Waals surface area contributed by atoms with Gasteiger partial charge < -0.3 is 30.7 Å². The predicted molar refractivity (Wildman–Crippen MR) is 133 cm³/mol. The van der Waals surface area contributed by atoms with E-state index < -0.39 is 22.7 Å². The highest BCUT2D eigenvalue weighted by Gasteiger charge is 2.72. The van der Waals surface area contributed by atoms with E-state index in [0.717, 1.165) is 10.8 Å². The summed E-state index contributed by atoms with van der Waals surface area (Å²) in [6.07, 6.45) is 0.504. The number of ether oxygens (including phenoxy) is 2. The quantitative estimate of drug-likeness (QED) is 0.0927. The Balaban J connectivity index is 1.31. The molecule has 1 aromatic rings. The number of nitrogens with zero attached hydrogens (tertiary/aromatic N) is 3. The Morgan fingerprint density at radius 3 is 2.92 bits per heavy atom. The van der Waals surface area contributed by atoms with Gasteiger partial charge in [0, 0.05) is 55.4 Å². The number of Topliss-reactive ketones (excluding diaryl/α,β-unsaturated/α-hetero) is 2. The Hall–Kier alpha value is -3.14. The molecule has 4 heterocycles. The zero-order chi connectivity index (χ0) is 26.5. The number of carbonyl (C=O) groups is 3. The van der Waals surface area contributed by atoms with Gasteiger partial charge in [0.2, 0.25) is 11.6 Å². The molecule has 1 amide bonds. The Labute approximate surface area is 219 Å². The first-order valence-corrected chi connectivity index (χ1v) is 13.7. The molecule has 3 aliphatic heterocycles. The average Bonchev–Trinajstić information content (AvgIpc) is 3.48. The smallest absolute Gasteiger partial charge is 0.404 e. The number of primary amides is 1. The van der Waals surface area contributed by atoms with E-state index in [0.29, 0.717) is 18.8 Å². The number of nitro groups is 1. The van der Waals surface area contributed by atoms with Crippen molar-refractivity contribution in [2.75, 3.05) is 32.6 Å². The summed E-state index contributed by atoms with van der Waals surface area (Å²) >= 11 is 0. The van der Waals surface area contributed by atoms with Crippen molar-refractivity contribution in [2.45, 2.75) is 29.8 Å². The molecule has 2 fully saturated rings. The summed E-state index contributed by atoms with van der Waals surface area (Å²) < 4.78 is 11.1. The molecule has 5 rings (SSSR count). The lowest BCUT2D eigenvalue weighted by atomic mass is 9.82. The molecule has 0 saturated carbocycles. The van der Waals surface area contributed by atoms with Crippen LogP contribution in [0.1, 0.15) is 6.92 Å². The first-order valence-electron chi connectivity index (χ1n) is 11.4. The fraction of sp³-hybridized carbons (Fsp3) is 0.455. The number of carbonyl (C=O) groups excluding carboxylic acids is 3. The van der Waals surface area contributed by atoms with Crippen LogP contribution in [0.15, 0.2) is 45.9 Å². The second-order valence-corrected chi connectivity index (χ2v) is 11.2. The minimum Gasteiger partial charge on any atom is -0.449 e. The molecule has 15 heteroatoms. The zero-order valence-corrected chi connectivity index (χ0v) is 21.5. The van der Waals surface area contributed by atoms with Crippen molar-refractivity contribution in [3.8, 4) is 0 Å². The molecule has 4 atom stereocenters. The topological polar surface area (TPSA) is 189 Å². The van der Waals surface area contributed by atoms with Crippen LogP contribution in [0.25, 0.3) is 0 Å². The SMILES string of the molecule is CO[C@@]12[C@H](COC(N)=O)C3=C(C(=O)C(C)=C(NCCSSc4ncccc4[N+](=O)[O-])C3=O)N1C[C@@H]1N[C@@H]12. The number of aromatic nitrogens is 1. The van der Waals surface area contributed by atoms with Crippen LogP contribution in [0.5, 0.6) is 0 Å². The van der Waals surface area contributed by atoms with Gasteiger partial charge in [-0.15, -0.1) is 0 Å². The van der Waals surface area contributed by atoms with Crippen LogP contribution in [-0.4, -0.2) is 82.8 Å². The molecule has 4 aliphatic rings. The number of amides is 1. The van der Waals surface area contributed by atoms with Crippen LogP contribution in [0.2, 0.25) is 0 Å². The second kappa shape index (κ2) is 9.63. The lowest BCUT2D eigenvalue weighted by Gasteiger charge is -2.39. The summed E-state index contributed by atoms with van der Waals surface area (Å²) in [6, 6.07) is 2.88. The number of fused-ring (bicyclic) bond motifs is 4. The van der Waals surface area contributed by atoms with E-state index in [1.807, 2.05) is 4.90 Å². The van der Waals surface area contributed by atoms with Crippen molar-refractivity contribution in [1.82, 2.24) is 20.5 Å². The van der Waals surface area contributed by atoms with Crippen LogP contribution in [-0.2, 0) is 19.1 Å². The standard InChI is InChI=1S/C22H24N6O7S2/c1-10-15(24-6-7-36-37-20-13(28(32)33)4-3-5-25-20)18(30)14-11(9-35-21(23)31)22(34-2)19-12(26-19)8-27(22)16(14)17(10)29/h3-5,11-12,19,24,26H,6-9H2,1-2H3,(H2,23,31)/t11-,12+,19+,22-/m1/s1. The van der Waals surface area contributed by atoms with Gasteiger partial charge in [-0.25, -0.2) is 9.78 Å². The summed E-state index contributed by atoms with van der Waals surface area (Å²) in [5, 5.41) is 17.8. The van der Waals surface area contributed by atoms with E-state index in [1.165, 1.54) is 36.2 Å². The van der Waals surface area contributed by atoms with E-state index >= 15 is 0 Å². The Kier molecular flexibility index (Phi) is 6.64. The average molecular weight is 549 g/mol. The molecular weight excluding hydrogens is 524 g/mol. The molecule has 13 nitrogen and oxygen atoms in total. The summed E-state index contributed by atoms with van der Waals surface area (Å²) in [7, 11) is 4.01. The number of piperazine rings is 1. The van der Waals surface area contributed by atoms with Gasteiger partial charge in [-0.3, -0.25) is 19.7 Å². The summed E-state index contributed by atoms with van der Waals surface area (Å²) in [6.45, 7) is 2.21. The second-order valence-electron chi connectivity index (χ2n) is 8.84. The van der Waals surface area contributed by atoms with Crippen molar-refractivity contribution in [3.05, 3.63) is 51.0 Å². The van der Waals surface area contributed by atoms with Crippen LogP contribution in [0.3, 0.4) is 0 Å². The number of methoxy groups -OCH3 is 1. The number of hydrogen-bond acceptors (Lipinski definition) is 13. The van der Waals surface area contributed by atoms with Gasteiger partial charge in [0.25, 0.3) is 0 Å². The summed E-state index contributed by atoms with van der Waals surface area (Å²) in [5.74, 6) is -0.877. The van der Waals surface area contributed by atoms with E-state index in [9.17, 15) is 24.5 Å². The monoisotopic (exact) mass is 548 g/mol. The molecule has 1 aromatic heterocycles. The van der Waals surface area contributed by atoms with E-state index in [4.69, 9.17) is 15.2 Å². The Bertz CT molecular complexity index is 1270. The van der Waals surface area contributed by atoms with Crippen molar-refractivity contribution in [2.24, 2.45) is 11.7 Å². The fourth-order valence-electron chi connectivity index (χ4n) is 5.40. The van der Waals surface area contributed by atoms with E-state index in [1.54, 1.807) is 6.92 Å². The summed E-state index contributed by atoms with van der Waals surface area (Å²) in [5.41, 5.74) is 5.10. The van der Waals surface area contributed by atoms with Gasteiger partial charge in [0.1, 0.15) is 6.61 Å². The number of rotatable bonds is 10. The highest BCUT2D eigenvalue weighted by Crippen LogP contribution is 2.55.